The van der Waals surface area contributed by atoms with Crippen LogP contribution >= 0.6 is 0 Å². The molecule has 1 aliphatic rings. The predicted molar refractivity (Wildman–Crippen MR) is 108 cm³/mol. The minimum atomic E-state index is -0.397. The summed E-state index contributed by atoms with van der Waals surface area (Å²) in [6.07, 6.45) is -0.397. The molecule has 1 N–H and O–H groups in total. The van der Waals surface area contributed by atoms with Crippen LogP contribution in [0.2, 0.25) is 0 Å². The number of rotatable bonds is 7. The van der Waals surface area contributed by atoms with E-state index in [1.807, 2.05) is 12.1 Å². The second kappa shape index (κ2) is 9.67. The molecule has 1 fully saturated rings. The molecular weight excluding hydrogens is 336 g/mol. The fourth-order valence-corrected chi connectivity index (χ4v) is 3.61. The summed E-state index contributed by atoms with van der Waals surface area (Å²) < 4.78 is 5.75. The average Bonchev–Trinajstić information content (AvgIpc) is 2.69. The smallest absolute Gasteiger partial charge is 0.250 e. The van der Waals surface area contributed by atoms with Gasteiger partial charge in [-0.3, -0.25) is 9.69 Å². The Labute approximate surface area is 162 Å². The predicted octanol–water partition coefficient (Wildman–Crippen LogP) is 3.44. The van der Waals surface area contributed by atoms with Gasteiger partial charge in [0, 0.05) is 32.1 Å². The van der Waals surface area contributed by atoms with E-state index in [2.05, 4.69) is 72.6 Å². The summed E-state index contributed by atoms with van der Waals surface area (Å²) in [6, 6.07) is 20.8. The van der Waals surface area contributed by atoms with E-state index in [0.717, 1.165) is 13.1 Å². The molecule has 2 aromatic carbocycles. The van der Waals surface area contributed by atoms with Crippen molar-refractivity contribution in [2.24, 2.45) is 5.92 Å². The molecule has 0 spiro atoms. The lowest BCUT2D eigenvalue weighted by Gasteiger charge is -2.32. The molecule has 0 aliphatic carbocycles. The van der Waals surface area contributed by atoms with Crippen LogP contribution in [-0.4, -0.2) is 43.2 Å². The van der Waals surface area contributed by atoms with Crippen molar-refractivity contribution >= 4 is 5.91 Å². The van der Waals surface area contributed by atoms with E-state index in [0.29, 0.717) is 31.5 Å². The number of hydrogen-bond acceptors (Lipinski definition) is 3. The van der Waals surface area contributed by atoms with Crippen LogP contribution in [0.5, 0.6) is 0 Å². The lowest BCUT2D eigenvalue weighted by molar-refractivity contribution is -0.138. The molecule has 27 heavy (non-hydrogen) atoms. The summed E-state index contributed by atoms with van der Waals surface area (Å²) in [4.78, 5) is 15.0. The fourth-order valence-electron chi connectivity index (χ4n) is 3.61. The van der Waals surface area contributed by atoms with Gasteiger partial charge in [-0.2, -0.15) is 0 Å². The molecular formula is C23H30N2O2. The van der Waals surface area contributed by atoms with Crippen molar-refractivity contribution in [3.05, 3.63) is 71.8 Å². The largest absolute Gasteiger partial charge is 0.366 e. The summed E-state index contributed by atoms with van der Waals surface area (Å²) in [5.74, 6) is 0.753. The molecule has 2 unspecified atom stereocenters. The Morgan fingerprint density at radius 1 is 1.11 bits per heavy atom. The number of benzene rings is 2. The first kappa shape index (κ1) is 19.6. The van der Waals surface area contributed by atoms with Gasteiger partial charge >= 0.3 is 0 Å². The number of carbonyl (C=O) groups excluding carboxylic acids is 1. The van der Waals surface area contributed by atoms with Gasteiger partial charge in [0.15, 0.2) is 0 Å². The SMILES string of the molecule is CC(C)C(CNC(=O)C1CN(Cc2ccccc2)CCO1)c1ccccc1. The van der Waals surface area contributed by atoms with Gasteiger partial charge in [0.2, 0.25) is 5.91 Å². The molecule has 2 aromatic rings. The highest BCUT2D eigenvalue weighted by Gasteiger charge is 2.27. The second-order valence-electron chi connectivity index (χ2n) is 7.59. The van der Waals surface area contributed by atoms with Gasteiger partial charge < -0.3 is 10.1 Å². The standard InChI is InChI=1S/C23H30N2O2/c1-18(2)21(20-11-7-4-8-12-20)15-24-23(26)22-17-25(13-14-27-22)16-19-9-5-3-6-10-19/h3-12,18,21-22H,13-17H2,1-2H3,(H,24,26). The number of amides is 1. The van der Waals surface area contributed by atoms with Crippen LogP contribution in [0.15, 0.2) is 60.7 Å². The summed E-state index contributed by atoms with van der Waals surface area (Å²) in [5.41, 5.74) is 2.53. The molecule has 1 heterocycles. The van der Waals surface area contributed by atoms with Crippen LogP contribution in [-0.2, 0) is 16.1 Å². The Morgan fingerprint density at radius 3 is 2.44 bits per heavy atom. The highest BCUT2D eigenvalue weighted by molar-refractivity contribution is 5.81. The molecule has 3 rings (SSSR count). The summed E-state index contributed by atoms with van der Waals surface area (Å²) in [7, 11) is 0. The van der Waals surface area contributed by atoms with Gasteiger partial charge in [-0.15, -0.1) is 0 Å². The zero-order valence-electron chi connectivity index (χ0n) is 16.3. The van der Waals surface area contributed by atoms with Crippen LogP contribution < -0.4 is 5.32 Å². The van der Waals surface area contributed by atoms with Gasteiger partial charge in [0.05, 0.1) is 6.61 Å². The molecule has 0 aromatic heterocycles. The van der Waals surface area contributed by atoms with Gasteiger partial charge in [-0.25, -0.2) is 0 Å². The second-order valence-corrected chi connectivity index (χ2v) is 7.59. The summed E-state index contributed by atoms with van der Waals surface area (Å²) in [5, 5.41) is 3.13. The van der Waals surface area contributed by atoms with Crippen molar-refractivity contribution in [1.29, 1.82) is 0 Å². The van der Waals surface area contributed by atoms with Gasteiger partial charge in [0.1, 0.15) is 6.10 Å². The number of nitrogens with one attached hydrogen (secondary N) is 1. The molecule has 0 bridgehead atoms. The quantitative estimate of drug-likeness (QED) is 0.816. The highest BCUT2D eigenvalue weighted by Crippen LogP contribution is 2.23. The molecule has 0 saturated carbocycles. The third-order valence-corrected chi connectivity index (χ3v) is 5.22. The van der Waals surface area contributed by atoms with E-state index < -0.39 is 6.10 Å². The van der Waals surface area contributed by atoms with Gasteiger partial charge in [-0.1, -0.05) is 74.5 Å². The van der Waals surface area contributed by atoms with Crippen molar-refractivity contribution in [2.45, 2.75) is 32.4 Å². The first-order chi connectivity index (χ1) is 13.1. The normalized spacial score (nSPS) is 19.0. The van der Waals surface area contributed by atoms with Crippen molar-refractivity contribution < 1.29 is 9.53 Å². The molecule has 1 saturated heterocycles. The van der Waals surface area contributed by atoms with E-state index >= 15 is 0 Å². The zero-order valence-corrected chi connectivity index (χ0v) is 16.3. The Balaban J connectivity index is 1.54. The Hall–Kier alpha value is -2.17. The summed E-state index contributed by atoms with van der Waals surface area (Å²) >= 11 is 0. The Bertz CT molecular complexity index is 703. The van der Waals surface area contributed by atoms with Gasteiger partial charge in [-0.05, 0) is 17.0 Å². The molecule has 1 aliphatic heterocycles. The fraction of sp³-hybridized carbons (Fsp3) is 0.435. The maximum Gasteiger partial charge on any atom is 0.250 e. The lowest BCUT2D eigenvalue weighted by atomic mass is 9.88. The number of carbonyl (C=O) groups is 1. The number of morpholine rings is 1. The Kier molecular flexibility index (Phi) is 7.02. The van der Waals surface area contributed by atoms with E-state index in [1.165, 1.54) is 11.1 Å². The van der Waals surface area contributed by atoms with Crippen molar-refractivity contribution in [3.8, 4) is 0 Å². The number of nitrogens with zero attached hydrogens (tertiary/aromatic N) is 1. The van der Waals surface area contributed by atoms with Crippen LogP contribution in [0.1, 0.15) is 30.9 Å². The van der Waals surface area contributed by atoms with Crippen LogP contribution in [0.4, 0.5) is 0 Å². The lowest BCUT2D eigenvalue weighted by Crippen LogP contribution is -2.50. The maximum absolute atomic E-state index is 12.7. The van der Waals surface area contributed by atoms with E-state index in [9.17, 15) is 4.79 Å². The minimum Gasteiger partial charge on any atom is -0.366 e. The molecule has 2 atom stereocenters. The molecule has 1 amide bonds. The molecule has 0 radical (unpaired) electrons. The van der Waals surface area contributed by atoms with E-state index in [-0.39, 0.29) is 5.91 Å². The van der Waals surface area contributed by atoms with E-state index in [4.69, 9.17) is 4.74 Å². The van der Waals surface area contributed by atoms with Crippen LogP contribution in [0, 0.1) is 5.92 Å². The first-order valence-electron chi connectivity index (χ1n) is 9.84. The molecule has 4 heteroatoms. The van der Waals surface area contributed by atoms with Crippen molar-refractivity contribution in [1.82, 2.24) is 10.2 Å². The third-order valence-electron chi connectivity index (χ3n) is 5.22. The molecule has 4 nitrogen and oxygen atoms in total. The molecule has 144 valence electrons. The summed E-state index contributed by atoms with van der Waals surface area (Å²) in [6.45, 7) is 7.98. The highest BCUT2D eigenvalue weighted by atomic mass is 16.5. The zero-order chi connectivity index (χ0) is 19.1. The minimum absolute atomic E-state index is 0.00524. The third kappa shape index (κ3) is 5.65. The van der Waals surface area contributed by atoms with Crippen molar-refractivity contribution in [3.63, 3.8) is 0 Å². The maximum atomic E-state index is 12.7. The number of hydrogen-bond donors (Lipinski definition) is 1. The number of ether oxygens (including phenoxy) is 1. The van der Waals surface area contributed by atoms with E-state index in [1.54, 1.807) is 0 Å². The monoisotopic (exact) mass is 366 g/mol. The van der Waals surface area contributed by atoms with Crippen molar-refractivity contribution in [2.75, 3.05) is 26.2 Å². The van der Waals surface area contributed by atoms with Crippen LogP contribution in [0.3, 0.4) is 0 Å². The first-order valence-corrected chi connectivity index (χ1v) is 9.84. The average molecular weight is 367 g/mol. The van der Waals surface area contributed by atoms with Crippen LogP contribution in [0.25, 0.3) is 0 Å². The van der Waals surface area contributed by atoms with Gasteiger partial charge in [0.25, 0.3) is 0 Å². The topological polar surface area (TPSA) is 41.6 Å². The Morgan fingerprint density at radius 2 is 1.78 bits per heavy atom.